The second kappa shape index (κ2) is 10.9. The average Bonchev–Trinajstić information content (AvgIpc) is 3.13. The maximum absolute atomic E-state index is 2.40. The molecule has 0 aromatic heterocycles. The zero-order valence-electron chi connectivity index (χ0n) is 25.3. The number of hydrogen-bond acceptors (Lipinski definition) is 0. The van der Waals surface area contributed by atoms with Crippen molar-refractivity contribution < 1.29 is 0 Å². The molecule has 0 heteroatoms. The first-order valence-corrected chi connectivity index (χ1v) is 15.9. The van der Waals surface area contributed by atoms with Crippen LogP contribution in [0.1, 0.15) is 0 Å². The fraction of sp³-hybridized carbons (Fsp3) is 0. The molecular weight excluding hydrogens is 553 g/mol. The van der Waals surface area contributed by atoms with Gasteiger partial charge in [0.1, 0.15) is 0 Å². The topological polar surface area (TPSA) is 0 Å². The molecule has 0 saturated heterocycles. The predicted molar refractivity (Wildman–Crippen MR) is 198 cm³/mol. The molecule has 0 unspecified atom stereocenters. The van der Waals surface area contributed by atoms with Gasteiger partial charge in [-0.3, -0.25) is 0 Å². The van der Waals surface area contributed by atoms with Crippen LogP contribution in [0.4, 0.5) is 0 Å². The smallest absolute Gasteiger partial charge is 0.00261 e. The summed E-state index contributed by atoms with van der Waals surface area (Å²) >= 11 is 0. The summed E-state index contributed by atoms with van der Waals surface area (Å²) in [5, 5.41) is 10.1. The van der Waals surface area contributed by atoms with Gasteiger partial charge < -0.3 is 0 Å². The summed E-state index contributed by atoms with van der Waals surface area (Å²) in [5.74, 6) is 0. The van der Waals surface area contributed by atoms with Crippen LogP contribution >= 0.6 is 0 Å². The third-order valence-corrected chi connectivity index (χ3v) is 9.44. The first-order valence-electron chi connectivity index (χ1n) is 15.9. The highest BCUT2D eigenvalue weighted by Gasteiger charge is 2.18. The molecule has 0 aliphatic heterocycles. The van der Waals surface area contributed by atoms with Crippen LogP contribution in [0.2, 0.25) is 0 Å². The molecule has 0 N–H and O–H groups in total. The molecule has 0 saturated carbocycles. The Balaban J connectivity index is 1.27. The van der Waals surface area contributed by atoms with E-state index in [0.29, 0.717) is 0 Å². The van der Waals surface area contributed by atoms with E-state index in [2.05, 4.69) is 182 Å². The molecule has 0 heterocycles. The molecular formula is C46H30. The Hall–Kier alpha value is -5.98. The fourth-order valence-electron chi connectivity index (χ4n) is 7.25. The molecule has 46 heavy (non-hydrogen) atoms. The summed E-state index contributed by atoms with van der Waals surface area (Å²) in [5.41, 5.74) is 9.97. The minimum Gasteiger partial charge on any atom is -0.0622 e. The molecule has 0 aliphatic rings. The lowest BCUT2D eigenvalue weighted by Crippen LogP contribution is -1.92. The number of rotatable bonds is 4. The Morgan fingerprint density at radius 1 is 0.217 bits per heavy atom. The molecule has 0 fully saturated rings. The lowest BCUT2D eigenvalue weighted by atomic mass is 9.84. The van der Waals surface area contributed by atoms with Gasteiger partial charge in [0.25, 0.3) is 0 Å². The van der Waals surface area contributed by atoms with E-state index in [0.717, 1.165) is 0 Å². The summed E-state index contributed by atoms with van der Waals surface area (Å²) in [4.78, 5) is 0. The summed E-state index contributed by atoms with van der Waals surface area (Å²) in [6.45, 7) is 0. The van der Waals surface area contributed by atoms with Crippen molar-refractivity contribution in [3.63, 3.8) is 0 Å². The Kier molecular flexibility index (Phi) is 6.25. The van der Waals surface area contributed by atoms with E-state index in [9.17, 15) is 0 Å². The van der Waals surface area contributed by atoms with Crippen molar-refractivity contribution in [2.24, 2.45) is 0 Å². The van der Waals surface area contributed by atoms with Gasteiger partial charge in [0.05, 0.1) is 0 Å². The van der Waals surface area contributed by atoms with E-state index in [1.807, 2.05) is 0 Å². The minimum atomic E-state index is 1.21. The lowest BCUT2D eigenvalue weighted by molar-refractivity contribution is 1.61. The van der Waals surface area contributed by atoms with Crippen molar-refractivity contribution in [1.82, 2.24) is 0 Å². The minimum absolute atomic E-state index is 1.21. The summed E-state index contributed by atoms with van der Waals surface area (Å²) in [7, 11) is 0. The van der Waals surface area contributed by atoms with E-state index in [1.165, 1.54) is 87.6 Å². The highest BCUT2D eigenvalue weighted by atomic mass is 14.2. The van der Waals surface area contributed by atoms with Gasteiger partial charge in [0.15, 0.2) is 0 Å². The van der Waals surface area contributed by atoms with E-state index in [4.69, 9.17) is 0 Å². The monoisotopic (exact) mass is 582 g/mol. The van der Waals surface area contributed by atoms with E-state index < -0.39 is 0 Å². The molecule has 0 aliphatic carbocycles. The summed E-state index contributed by atoms with van der Waals surface area (Å²) in [6, 6.07) is 66.6. The van der Waals surface area contributed by atoms with E-state index >= 15 is 0 Å². The molecule has 214 valence electrons. The van der Waals surface area contributed by atoms with Gasteiger partial charge in [0.2, 0.25) is 0 Å². The zero-order valence-corrected chi connectivity index (χ0v) is 25.3. The van der Waals surface area contributed by atoms with Crippen molar-refractivity contribution in [1.29, 1.82) is 0 Å². The largest absolute Gasteiger partial charge is 0.0622 e. The van der Waals surface area contributed by atoms with Crippen LogP contribution < -0.4 is 0 Å². The average molecular weight is 583 g/mol. The standard InChI is InChI=1S/C46H30/c1-2-13-35(14-3-1)45-41-18-8-9-19-42(41)46(38-26-23-31-11-4-5-15-36(31)29-38)43-28-27-37(30-44(43)45)32-21-24-34(25-22-32)40-20-10-16-33-12-6-7-17-39(33)40/h1-30H. The molecule has 0 nitrogen and oxygen atoms in total. The molecule has 0 amide bonds. The van der Waals surface area contributed by atoms with Gasteiger partial charge in [-0.2, -0.15) is 0 Å². The Labute approximate surface area is 268 Å². The van der Waals surface area contributed by atoms with Crippen LogP contribution in [0.25, 0.3) is 87.6 Å². The third kappa shape index (κ3) is 4.38. The predicted octanol–water partition coefficient (Wildman–Crippen LogP) is 13.0. The summed E-state index contributed by atoms with van der Waals surface area (Å²) in [6.07, 6.45) is 0. The van der Waals surface area contributed by atoms with Gasteiger partial charge in [-0.15, -0.1) is 0 Å². The molecule has 0 spiro atoms. The lowest BCUT2D eigenvalue weighted by Gasteiger charge is -2.19. The van der Waals surface area contributed by atoms with Crippen molar-refractivity contribution in [3.8, 4) is 44.5 Å². The van der Waals surface area contributed by atoms with Crippen molar-refractivity contribution in [2.45, 2.75) is 0 Å². The Bertz CT molecular complexity index is 2550. The van der Waals surface area contributed by atoms with Crippen LogP contribution in [-0.4, -0.2) is 0 Å². The molecule has 9 aromatic carbocycles. The molecule has 9 aromatic rings. The van der Waals surface area contributed by atoms with E-state index in [1.54, 1.807) is 0 Å². The molecule has 0 radical (unpaired) electrons. The van der Waals surface area contributed by atoms with Crippen LogP contribution in [0.5, 0.6) is 0 Å². The first kappa shape index (κ1) is 26.4. The third-order valence-electron chi connectivity index (χ3n) is 9.44. The number of fused-ring (bicyclic) bond motifs is 4. The fourth-order valence-corrected chi connectivity index (χ4v) is 7.25. The molecule has 0 atom stereocenters. The van der Waals surface area contributed by atoms with Crippen LogP contribution in [0.3, 0.4) is 0 Å². The summed E-state index contributed by atoms with van der Waals surface area (Å²) < 4.78 is 0. The van der Waals surface area contributed by atoms with Crippen molar-refractivity contribution >= 4 is 43.1 Å². The quantitative estimate of drug-likeness (QED) is 0.181. The van der Waals surface area contributed by atoms with Crippen molar-refractivity contribution in [2.75, 3.05) is 0 Å². The highest BCUT2D eigenvalue weighted by Crippen LogP contribution is 2.45. The second-order valence-corrected chi connectivity index (χ2v) is 12.1. The van der Waals surface area contributed by atoms with Crippen molar-refractivity contribution in [3.05, 3.63) is 182 Å². The highest BCUT2D eigenvalue weighted by molar-refractivity contribution is 6.22. The second-order valence-electron chi connectivity index (χ2n) is 12.1. The zero-order chi connectivity index (χ0) is 30.5. The van der Waals surface area contributed by atoms with Gasteiger partial charge >= 0.3 is 0 Å². The van der Waals surface area contributed by atoms with Crippen LogP contribution in [0.15, 0.2) is 182 Å². The maximum atomic E-state index is 2.40. The maximum Gasteiger partial charge on any atom is -0.00261 e. The van der Waals surface area contributed by atoms with E-state index in [-0.39, 0.29) is 0 Å². The van der Waals surface area contributed by atoms with Gasteiger partial charge in [0, 0.05) is 0 Å². The van der Waals surface area contributed by atoms with Gasteiger partial charge in [-0.05, 0) is 99.7 Å². The molecule has 9 rings (SSSR count). The number of hydrogen-bond donors (Lipinski definition) is 0. The molecule has 0 bridgehead atoms. The number of benzene rings is 9. The Morgan fingerprint density at radius 2 is 0.761 bits per heavy atom. The van der Waals surface area contributed by atoms with Gasteiger partial charge in [-0.1, -0.05) is 170 Å². The Morgan fingerprint density at radius 3 is 1.54 bits per heavy atom. The SMILES string of the molecule is c1ccc(-c2c3ccccc3c(-c3ccc4ccccc4c3)c3ccc(-c4ccc(-c5cccc6ccccc56)cc4)cc23)cc1. The van der Waals surface area contributed by atoms with Crippen LogP contribution in [0, 0.1) is 0 Å². The first-order chi connectivity index (χ1) is 22.8. The normalized spacial score (nSPS) is 11.5. The van der Waals surface area contributed by atoms with Gasteiger partial charge in [-0.25, -0.2) is 0 Å². The van der Waals surface area contributed by atoms with Crippen LogP contribution in [-0.2, 0) is 0 Å².